The van der Waals surface area contributed by atoms with Crippen molar-refractivity contribution in [3.8, 4) is 6.07 Å². The van der Waals surface area contributed by atoms with E-state index in [4.69, 9.17) is 5.26 Å². The van der Waals surface area contributed by atoms with E-state index in [-0.39, 0.29) is 0 Å². The summed E-state index contributed by atoms with van der Waals surface area (Å²) in [6, 6.07) is 11.0. The minimum absolute atomic E-state index is 0.392. The second kappa shape index (κ2) is 7.03. The fraction of sp³-hybridized carbons (Fsp3) is 0.500. The van der Waals surface area contributed by atoms with Crippen LogP contribution in [-0.4, -0.2) is 6.54 Å². The third-order valence-corrected chi connectivity index (χ3v) is 2.82. The lowest BCUT2D eigenvalue weighted by atomic mass is 10.0. The van der Waals surface area contributed by atoms with Gasteiger partial charge in [0.05, 0.1) is 6.07 Å². The molecule has 2 heteroatoms. The number of benzene rings is 1. The zero-order valence-electron chi connectivity index (χ0n) is 10.2. The van der Waals surface area contributed by atoms with Gasteiger partial charge in [0.2, 0.25) is 0 Å². The quantitative estimate of drug-likeness (QED) is 0.740. The lowest BCUT2D eigenvalue weighted by molar-refractivity contribution is 0.547. The summed E-state index contributed by atoms with van der Waals surface area (Å²) >= 11 is 0. The van der Waals surface area contributed by atoms with E-state index in [1.165, 1.54) is 11.1 Å². The molecule has 1 aromatic carbocycles. The number of nitriles is 1. The Hall–Kier alpha value is -1.33. The van der Waals surface area contributed by atoms with Gasteiger partial charge in [0.25, 0.3) is 0 Å². The first kappa shape index (κ1) is 12.7. The highest BCUT2D eigenvalue weighted by Crippen LogP contribution is 2.16. The second-order valence-corrected chi connectivity index (χ2v) is 4.15. The fourth-order valence-corrected chi connectivity index (χ4v) is 1.83. The molecule has 0 amide bonds. The topological polar surface area (TPSA) is 35.8 Å². The van der Waals surface area contributed by atoms with Crippen LogP contribution in [0.4, 0.5) is 0 Å². The van der Waals surface area contributed by atoms with Gasteiger partial charge in [-0.3, -0.25) is 0 Å². The number of rotatable bonds is 6. The Morgan fingerprint density at radius 1 is 1.31 bits per heavy atom. The molecular weight excluding hydrogens is 196 g/mol. The van der Waals surface area contributed by atoms with Crippen LogP contribution in [0.5, 0.6) is 0 Å². The van der Waals surface area contributed by atoms with Crippen LogP contribution in [0.3, 0.4) is 0 Å². The van der Waals surface area contributed by atoms with Gasteiger partial charge in [-0.25, -0.2) is 0 Å². The van der Waals surface area contributed by atoms with Gasteiger partial charge in [-0.1, -0.05) is 24.3 Å². The summed E-state index contributed by atoms with van der Waals surface area (Å²) in [4.78, 5) is 0. The molecule has 1 unspecified atom stereocenters. The Kier molecular flexibility index (Phi) is 5.60. The molecule has 0 aliphatic heterocycles. The van der Waals surface area contributed by atoms with Crippen LogP contribution in [0.2, 0.25) is 0 Å². The zero-order chi connectivity index (χ0) is 11.8. The van der Waals surface area contributed by atoms with Crippen molar-refractivity contribution in [3.05, 3.63) is 35.4 Å². The normalized spacial score (nSPS) is 12.1. The summed E-state index contributed by atoms with van der Waals surface area (Å²) in [7, 11) is 0. The summed E-state index contributed by atoms with van der Waals surface area (Å²) in [5, 5.41) is 11.9. The standard InChI is InChI=1S/C14H20N2/c1-12-8-4-5-9-14(12)13(2)16-11-7-3-6-10-15/h4-5,8-9,13,16H,3,6-7,11H2,1-2H3. The maximum Gasteiger partial charge on any atom is 0.0621 e. The molecule has 0 saturated heterocycles. The number of nitrogens with zero attached hydrogens (tertiary/aromatic N) is 1. The number of nitrogens with one attached hydrogen (secondary N) is 1. The van der Waals surface area contributed by atoms with Crippen LogP contribution in [0.15, 0.2) is 24.3 Å². The Morgan fingerprint density at radius 2 is 2.06 bits per heavy atom. The summed E-state index contributed by atoms with van der Waals surface area (Å²) in [6.07, 6.45) is 2.73. The number of hydrogen-bond acceptors (Lipinski definition) is 2. The summed E-state index contributed by atoms with van der Waals surface area (Å²) in [6.45, 7) is 5.31. The van der Waals surface area contributed by atoms with Crippen LogP contribution in [-0.2, 0) is 0 Å². The third kappa shape index (κ3) is 4.04. The van der Waals surface area contributed by atoms with E-state index in [1.807, 2.05) is 0 Å². The molecule has 2 nitrogen and oxygen atoms in total. The van der Waals surface area contributed by atoms with E-state index in [0.717, 1.165) is 19.4 Å². The summed E-state index contributed by atoms with van der Waals surface area (Å²) in [5.74, 6) is 0. The molecule has 1 atom stereocenters. The molecule has 1 aromatic rings. The van der Waals surface area contributed by atoms with Crippen molar-refractivity contribution in [2.24, 2.45) is 0 Å². The monoisotopic (exact) mass is 216 g/mol. The Morgan fingerprint density at radius 3 is 2.75 bits per heavy atom. The van der Waals surface area contributed by atoms with Gasteiger partial charge in [-0.15, -0.1) is 0 Å². The molecule has 0 heterocycles. The Bertz CT molecular complexity index is 352. The summed E-state index contributed by atoms with van der Waals surface area (Å²) < 4.78 is 0. The first-order chi connectivity index (χ1) is 7.75. The van der Waals surface area contributed by atoms with Crippen molar-refractivity contribution in [2.45, 2.75) is 39.2 Å². The molecule has 0 aromatic heterocycles. The molecule has 0 aliphatic rings. The van der Waals surface area contributed by atoms with Gasteiger partial charge >= 0.3 is 0 Å². The van der Waals surface area contributed by atoms with Gasteiger partial charge in [0.15, 0.2) is 0 Å². The smallest absolute Gasteiger partial charge is 0.0621 e. The highest BCUT2D eigenvalue weighted by Gasteiger charge is 2.05. The molecule has 1 rings (SSSR count). The predicted molar refractivity (Wildman–Crippen MR) is 67.1 cm³/mol. The molecule has 0 spiro atoms. The molecule has 86 valence electrons. The van der Waals surface area contributed by atoms with Crippen molar-refractivity contribution in [2.75, 3.05) is 6.54 Å². The van der Waals surface area contributed by atoms with E-state index in [1.54, 1.807) is 0 Å². The van der Waals surface area contributed by atoms with E-state index in [0.29, 0.717) is 12.5 Å². The molecule has 0 bridgehead atoms. The average molecular weight is 216 g/mol. The molecule has 0 saturated carbocycles. The largest absolute Gasteiger partial charge is 0.310 e. The minimum Gasteiger partial charge on any atom is -0.310 e. The Labute approximate surface area is 98.3 Å². The van der Waals surface area contributed by atoms with Crippen LogP contribution in [0.25, 0.3) is 0 Å². The van der Waals surface area contributed by atoms with Gasteiger partial charge in [-0.2, -0.15) is 5.26 Å². The number of aryl methyl sites for hydroxylation is 1. The lowest BCUT2D eigenvalue weighted by Gasteiger charge is -2.16. The van der Waals surface area contributed by atoms with Crippen LogP contribution in [0, 0.1) is 18.3 Å². The van der Waals surface area contributed by atoms with Crippen molar-refractivity contribution in [1.29, 1.82) is 5.26 Å². The molecule has 0 radical (unpaired) electrons. The van der Waals surface area contributed by atoms with Crippen molar-refractivity contribution in [1.82, 2.24) is 5.32 Å². The van der Waals surface area contributed by atoms with Gasteiger partial charge in [-0.05, 0) is 44.4 Å². The van der Waals surface area contributed by atoms with Crippen LogP contribution >= 0.6 is 0 Å². The Balaban J connectivity index is 2.33. The van der Waals surface area contributed by atoms with E-state index < -0.39 is 0 Å². The van der Waals surface area contributed by atoms with Crippen molar-refractivity contribution in [3.63, 3.8) is 0 Å². The molecule has 0 aliphatic carbocycles. The molecule has 1 N–H and O–H groups in total. The van der Waals surface area contributed by atoms with Crippen molar-refractivity contribution < 1.29 is 0 Å². The molecule has 16 heavy (non-hydrogen) atoms. The fourth-order valence-electron chi connectivity index (χ4n) is 1.83. The maximum atomic E-state index is 8.42. The predicted octanol–water partition coefficient (Wildman–Crippen LogP) is 3.34. The third-order valence-electron chi connectivity index (χ3n) is 2.82. The first-order valence-corrected chi connectivity index (χ1v) is 5.91. The number of hydrogen-bond donors (Lipinski definition) is 1. The maximum absolute atomic E-state index is 8.42. The minimum atomic E-state index is 0.392. The SMILES string of the molecule is Cc1ccccc1C(C)NCCCCC#N. The lowest BCUT2D eigenvalue weighted by Crippen LogP contribution is -2.20. The highest BCUT2D eigenvalue weighted by atomic mass is 14.9. The average Bonchev–Trinajstić information content (AvgIpc) is 2.29. The first-order valence-electron chi connectivity index (χ1n) is 5.91. The van der Waals surface area contributed by atoms with E-state index in [2.05, 4.69) is 49.5 Å². The van der Waals surface area contributed by atoms with E-state index >= 15 is 0 Å². The van der Waals surface area contributed by atoms with Crippen LogP contribution in [0.1, 0.15) is 43.4 Å². The molecule has 0 fully saturated rings. The second-order valence-electron chi connectivity index (χ2n) is 4.15. The van der Waals surface area contributed by atoms with E-state index in [9.17, 15) is 0 Å². The summed E-state index contributed by atoms with van der Waals surface area (Å²) in [5.41, 5.74) is 2.70. The van der Waals surface area contributed by atoms with Crippen molar-refractivity contribution >= 4 is 0 Å². The van der Waals surface area contributed by atoms with Gasteiger partial charge in [0, 0.05) is 12.5 Å². The van der Waals surface area contributed by atoms with Crippen LogP contribution < -0.4 is 5.32 Å². The molecular formula is C14H20N2. The van der Waals surface area contributed by atoms with Gasteiger partial charge < -0.3 is 5.32 Å². The number of unbranched alkanes of at least 4 members (excludes halogenated alkanes) is 2. The van der Waals surface area contributed by atoms with Gasteiger partial charge in [0.1, 0.15) is 0 Å². The highest BCUT2D eigenvalue weighted by molar-refractivity contribution is 5.28. The zero-order valence-corrected chi connectivity index (χ0v) is 10.2.